The summed E-state index contributed by atoms with van der Waals surface area (Å²) in [5.74, 6) is 2.04. The molecule has 0 heterocycles. The molecule has 2 aromatic carbocycles. The van der Waals surface area contributed by atoms with Crippen LogP contribution in [0.3, 0.4) is 0 Å². The Balaban J connectivity index is 2.03. The van der Waals surface area contributed by atoms with Gasteiger partial charge in [-0.25, -0.2) is 0 Å². The van der Waals surface area contributed by atoms with Crippen molar-refractivity contribution in [2.24, 2.45) is 0 Å². The van der Waals surface area contributed by atoms with Gasteiger partial charge in [0.2, 0.25) is 0 Å². The molecule has 96 valence electrons. The minimum absolute atomic E-state index is 0.0396. The predicted molar refractivity (Wildman–Crippen MR) is 76.5 cm³/mol. The third kappa shape index (κ3) is 1.79. The second-order valence-corrected chi connectivity index (χ2v) is 4.52. The van der Waals surface area contributed by atoms with Gasteiger partial charge in [-0.15, -0.1) is 6.42 Å². The van der Waals surface area contributed by atoms with E-state index in [9.17, 15) is 9.59 Å². The Morgan fingerprint density at radius 3 is 2.50 bits per heavy atom. The first-order valence-electron chi connectivity index (χ1n) is 6.22. The number of carbonyl (C=O) groups excluding carboxylic acids is 2. The van der Waals surface area contributed by atoms with Gasteiger partial charge in [-0.2, -0.15) is 0 Å². The van der Waals surface area contributed by atoms with Crippen molar-refractivity contribution in [3.63, 3.8) is 0 Å². The highest BCUT2D eigenvalue weighted by Gasteiger charge is 2.26. The molecule has 0 aliphatic heterocycles. The lowest BCUT2D eigenvalue weighted by atomic mass is 10.0. The van der Waals surface area contributed by atoms with Crippen molar-refractivity contribution in [2.45, 2.75) is 0 Å². The number of hydrogen-bond donors (Lipinski definition) is 1. The van der Waals surface area contributed by atoms with Gasteiger partial charge in [0.05, 0.1) is 6.54 Å². The maximum Gasteiger partial charge on any atom is 0.252 e. The summed E-state index contributed by atoms with van der Waals surface area (Å²) in [5.41, 5.74) is 3.49. The van der Waals surface area contributed by atoms with Crippen LogP contribution < -0.4 is 5.32 Å². The quantitative estimate of drug-likeness (QED) is 0.719. The maximum absolute atomic E-state index is 12.3. The predicted octanol–water partition coefficient (Wildman–Crippen LogP) is 2.26. The van der Waals surface area contributed by atoms with E-state index in [4.69, 9.17) is 6.42 Å². The van der Waals surface area contributed by atoms with E-state index in [-0.39, 0.29) is 18.2 Å². The number of fused-ring (bicyclic) bond motifs is 3. The number of carbonyl (C=O) groups is 2. The molecule has 0 fully saturated rings. The Bertz CT molecular complexity index is 769. The standard InChI is InChI=1S/C17H11NO2/c1-2-9-18-17(20)11-7-8-13-12-5-3-4-6-14(12)16(19)15(13)10-11/h1,3-8,10H,9H2,(H,18,20). The smallest absolute Gasteiger partial charge is 0.252 e. The van der Waals surface area contributed by atoms with Gasteiger partial charge in [0.15, 0.2) is 5.78 Å². The largest absolute Gasteiger partial charge is 0.341 e. The summed E-state index contributed by atoms with van der Waals surface area (Å²) in [6, 6.07) is 12.6. The van der Waals surface area contributed by atoms with Crippen molar-refractivity contribution in [3.05, 3.63) is 59.2 Å². The van der Waals surface area contributed by atoms with Crippen molar-refractivity contribution >= 4 is 11.7 Å². The van der Waals surface area contributed by atoms with E-state index < -0.39 is 0 Å². The average Bonchev–Trinajstić information content (AvgIpc) is 2.78. The van der Waals surface area contributed by atoms with Crippen LogP contribution in [0.15, 0.2) is 42.5 Å². The molecule has 1 amide bonds. The zero-order valence-electron chi connectivity index (χ0n) is 10.6. The van der Waals surface area contributed by atoms with E-state index in [0.717, 1.165) is 11.1 Å². The lowest BCUT2D eigenvalue weighted by Crippen LogP contribution is -2.23. The summed E-state index contributed by atoms with van der Waals surface area (Å²) in [4.78, 5) is 24.2. The minimum Gasteiger partial charge on any atom is -0.341 e. The van der Waals surface area contributed by atoms with Gasteiger partial charge in [0.25, 0.3) is 5.91 Å². The second-order valence-electron chi connectivity index (χ2n) is 4.52. The molecule has 0 unspecified atom stereocenters. The molecular weight excluding hydrogens is 250 g/mol. The van der Waals surface area contributed by atoms with E-state index in [1.165, 1.54) is 0 Å². The van der Waals surface area contributed by atoms with Crippen LogP contribution in [0.4, 0.5) is 0 Å². The molecule has 0 bridgehead atoms. The fourth-order valence-electron chi connectivity index (χ4n) is 2.40. The molecule has 0 atom stereocenters. The lowest BCUT2D eigenvalue weighted by Gasteiger charge is -2.04. The molecule has 3 heteroatoms. The number of benzene rings is 2. The van der Waals surface area contributed by atoms with Crippen LogP contribution in [0.25, 0.3) is 11.1 Å². The maximum atomic E-state index is 12.3. The summed E-state index contributed by atoms with van der Waals surface area (Å²) in [5, 5.41) is 2.59. The van der Waals surface area contributed by atoms with E-state index in [1.54, 1.807) is 18.2 Å². The molecule has 20 heavy (non-hydrogen) atoms. The Kier molecular flexibility index (Phi) is 2.85. The first-order chi connectivity index (χ1) is 9.72. The first kappa shape index (κ1) is 12.2. The lowest BCUT2D eigenvalue weighted by molar-refractivity contribution is 0.0958. The zero-order valence-corrected chi connectivity index (χ0v) is 10.6. The van der Waals surface area contributed by atoms with Crippen LogP contribution in [-0.4, -0.2) is 18.2 Å². The Labute approximate surface area is 116 Å². The minimum atomic E-state index is -0.269. The first-order valence-corrected chi connectivity index (χ1v) is 6.22. The van der Waals surface area contributed by atoms with Crippen LogP contribution in [0.1, 0.15) is 26.3 Å². The fraction of sp³-hybridized carbons (Fsp3) is 0.0588. The molecule has 0 saturated heterocycles. The van der Waals surface area contributed by atoms with Crippen molar-refractivity contribution in [1.29, 1.82) is 0 Å². The second kappa shape index (κ2) is 4.67. The van der Waals surface area contributed by atoms with E-state index in [0.29, 0.717) is 16.7 Å². The number of ketones is 1. The Morgan fingerprint density at radius 2 is 1.75 bits per heavy atom. The van der Waals surface area contributed by atoms with Crippen LogP contribution in [0, 0.1) is 12.3 Å². The highest BCUT2D eigenvalue weighted by Crippen LogP contribution is 2.36. The topological polar surface area (TPSA) is 46.2 Å². The number of rotatable bonds is 2. The summed E-state index contributed by atoms with van der Waals surface area (Å²) in [6.45, 7) is 0.171. The van der Waals surface area contributed by atoms with Crippen LogP contribution >= 0.6 is 0 Å². The highest BCUT2D eigenvalue weighted by molar-refractivity contribution is 6.22. The number of nitrogens with one attached hydrogen (secondary N) is 1. The van der Waals surface area contributed by atoms with Gasteiger partial charge in [-0.05, 0) is 23.3 Å². The highest BCUT2D eigenvalue weighted by atomic mass is 16.1. The Hall–Kier alpha value is -2.86. The van der Waals surface area contributed by atoms with Gasteiger partial charge < -0.3 is 5.32 Å². The zero-order chi connectivity index (χ0) is 14.1. The van der Waals surface area contributed by atoms with E-state index in [1.807, 2.05) is 24.3 Å². The van der Waals surface area contributed by atoms with Gasteiger partial charge in [-0.3, -0.25) is 9.59 Å². The van der Waals surface area contributed by atoms with Crippen LogP contribution in [0.2, 0.25) is 0 Å². The van der Waals surface area contributed by atoms with Crippen molar-refractivity contribution < 1.29 is 9.59 Å². The normalized spacial score (nSPS) is 11.4. The number of amides is 1. The number of hydrogen-bond acceptors (Lipinski definition) is 2. The molecule has 0 aromatic heterocycles. The third-order valence-corrected chi connectivity index (χ3v) is 3.34. The van der Waals surface area contributed by atoms with Gasteiger partial charge in [0, 0.05) is 16.7 Å². The molecule has 0 saturated carbocycles. The van der Waals surface area contributed by atoms with Gasteiger partial charge >= 0.3 is 0 Å². The molecule has 1 aliphatic rings. The number of terminal acetylenes is 1. The van der Waals surface area contributed by atoms with Crippen molar-refractivity contribution in [2.75, 3.05) is 6.54 Å². The fourth-order valence-corrected chi connectivity index (χ4v) is 2.40. The molecule has 3 nitrogen and oxygen atoms in total. The summed E-state index contributed by atoms with van der Waals surface area (Å²) >= 11 is 0. The van der Waals surface area contributed by atoms with Gasteiger partial charge in [-0.1, -0.05) is 36.3 Å². The van der Waals surface area contributed by atoms with Gasteiger partial charge in [0.1, 0.15) is 0 Å². The van der Waals surface area contributed by atoms with Crippen molar-refractivity contribution in [3.8, 4) is 23.5 Å². The molecule has 2 aromatic rings. The molecular formula is C17H11NO2. The molecule has 1 N–H and O–H groups in total. The molecule has 1 aliphatic carbocycles. The summed E-state index contributed by atoms with van der Waals surface area (Å²) in [6.07, 6.45) is 5.11. The van der Waals surface area contributed by atoms with E-state index >= 15 is 0 Å². The third-order valence-electron chi connectivity index (χ3n) is 3.34. The van der Waals surface area contributed by atoms with Crippen LogP contribution in [0.5, 0.6) is 0 Å². The van der Waals surface area contributed by atoms with Crippen molar-refractivity contribution in [1.82, 2.24) is 5.32 Å². The average molecular weight is 261 g/mol. The summed E-state index contributed by atoms with van der Waals surface area (Å²) < 4.78 is 0. The van der Waals surface area contributed by atoms with Crippen LogP contribution in [-0.2, 0) is 0 Å². The molecule has 0 spiro atoms. The molecule has 3 rings (SSSR count). The Morgan fingerprint density at radius 1 is 1.05 bits per heavy atom. The SMILES string of the molecule is C#CCNC(=O)c1ccc2c(c1)C(=O)c1ccccc1-2. The molecule has 0 radical (unpaired) electrons. The summed E-state index contributed by atoms with van der Waals surface area (Å²) in [7, 11) is 0. The monoisotopic (exact) mass is 261 g/mol. The van der Waals surface area contributed by atoms with E-state index in [2.05, 4.69) is 11.2 Å².